The van der Waals surface area contributed by atoms with Crippen molar-refractivity contribution in [3.8, 4) is 5.75 Å². The lowest BCUT2D eigenvalue weighted by Crippen LogP contribution is -2.28. The predicted molar refractivity (Wildman–Crippen MR) is 100 cm³/mol. The molecule has 0 fully saturated rings. The summed E-state index contributed by atoms with van der Waals surface area (Å²) in [4.78, 5) is 11.2. The van der Waals surface area contributed by atoms with Gasteiger partial charge in [0.15, 0.2) is 5.82 Å². The lowest BCUT2D eigenvalue weighted by Gasteiger charge is -2.16. The molecule has 0 saturated carbocycles. The normalized spacial score (nSPS) is 11.0. The van der Waals surface area contributed by atoms with Gasteiger partial charge in [-0.15, -0.1) is 0 Å². The maximum Gasteiger partial charge on any atom is 0.265 e. The number of anilines is 1. The van der Waals surface area contributed by atoms with E-state index >= 15 is 0 Å². The highest BCUT2D eigenvalue weighted by molar-refractivity contribution is 6.36. The summed E-state index contributed by atoms with van der Waals surface area (Å²) in [5, 5.41) is 14.9. The molecule has 0 spiro atoms. The van der Waals surface area contributed by atoms with Crippen LogP contribution in [0.1, 0.15) is 36.5 Å². The molecule has 2 rings (SSSR count). The number of hydrogen-bond donors (Lipinski definition) is 3. The number of aromatic hydroxyl groups is 1. The Balaban J connectivity index is 2.34. The Morgan fingerprint density at radius 1 is 1.25 bits per heavy atom. The lowest BCUT2D eigenvalue weighted by atomic mass is 9.95. The van der Waals surface area contributed by atoms with Crippen LogP contribution in [0.15, 0.2) is 18.2 Å². The van der Waals surface area contributed by atoms with Gasteiger partial charge in [0.2, 0.25) is 0 Å². The van der Waals surface area contributed by atoms with Gasteiger partial charge in [-0.3, -0.25) is 4.79 Å². The molecule has 1 amide bonds. The van der Waals surface area contributed by atoms with Crippen LogP contribution in [-0.4, -0.2) is 17.6 Å². The van der Waals surface area contributed by atoms with Crippen molar-refractivity contribution in [1.29, 1.82) is 0 Å². The number of phenolic OH excluding ortho intramolecular Hbond substituents is 1. The summed E-state index contributed by atoms with van der Waals surface area (Å²) in [7, 11) is 0. The molecule has 10 heteroatoms. The molecule has 0 heterocycles. The third kappa shape index (κ3) is 4.81. The minimum atomic E-state index is -0.904. The van der Waals surface area contributed by atoms with Crippen LogP contribution in [0, 0.1) is 11.6 Å². The second kappa shape index (κ2) is 9.36. The second-order valence-electron chi connectivity index (χ2n) is 6.27. The van der Waals surface area contributed by atoms with Gasteiger partial charge in [-0.1, -0.05) is 48.2 Å². The predicted octanol–water partition coefficient (Wildman–Crippen LogP) is 5.04. The highest BCUT2D eigenvalue weighted by Gasteiger charge is 2.21. The van der Waals surface area contributed by atoms with E-state index in [1.807, 2.05) is 0 Å². The van der Waals surface area contributed by atoms with Crippen molar-refractivity contribution in [3.63, 3.8) is 0 Å². The zero-order valence-electron chi connectivity index (χ0n) is 14.9. The van der Waals surface area contributed by atoms with E-state index in [1.165, 1.54) is 23.7 Å². The summed E-state index contributed by atoms with van der Waals surface area (Å²) in [6.45, 7) is 2.95. The van der Waals surface area contributed by atoms with Crippen LogP contribution in [0.3, 0.4) is 0 Å². The Kier molecular flexibility index (Phi) is 7.40. The van der Waals surface area contributed by atoms with E-state index in [4.69, 9.17) is 23.2 Å². The zero-order valence-corrected chi connectivity index (χ0v) is 16.4. The standard InChI is InChI=1S/C18H17Cl2F3N2O3/c1-8(2)15-13(26)4-3-9(17(15)21)5-10-11(19)6-12(18(22)16(10)20)24-7-14(27)25-28-23/h3-4,6,8,24,26H,5,7H2,1-2H3,(H,25,27). The first-order valence-corrected chi connectivity index (χ1v) is 8.89. The third-order valence-corrected chi connectivity index (χ3v) is 4.76. The Hall–Kier alpha value is -2.16. The molecule has 5 nitrogen and oxygen atoms in total. The molecular weight excluding hydrogens is 420 g/mol. The zero-order chi connectivity index (χ0) is 21.0. The van der Waals surface area contributed by atoms with E-state index in [-0.39, 0.29) is 50.5 Å². The van der Waals surface area contributed by atoms with Gasteiger partial charge in [0.25, 0.3) is 5.91 Å². The van der Waals surface area contributed by atoms with Crippen molar-refractivity contribution in [2.24, 2.45) is 0 Å². The van der Waals surface area contributed by atoms with Crippen molar-refractivity contribution in [2.75, 3.05) is 11.9 Å². The Morgan fingerprint density at radius 3 is 2.54 bits per heavy atom. The van der Waals surface area contributed by atoms with Crippen molar-refractivity contribution >= 4 is 34.8 Å². The highest BCUT2D eigenvalue weighted by atomic mass is 35.5. The average Bonchev–Trinajstić information content (AvgIpc) is 2.62. The summed E-state index contributed by atoms with van der Waals surface area (Å²) in [6.07, 6.45) is -0.114. The molecule has 2 aromatic carbocycles. The van der Waals surface area contributed by atoms with Crippen LogP contribution in [0.5, 0.6) is 5.75 Å². The van der Waals surface area contributed by atoms with E-state index in [1.54, 1.807) is 13.8 Å². The number of benzene rings is 2. The molecule has 0 saturated heterocycles. The van der Waals surface area contributed by atoms with Crippen LogP contribution < -0.4 is 10.8 Å². The Bertz CT molecular complexity index is 895. The topological polar surface area (TPSA) is 70.6 Å². The highest BCUT2D eigenvalue weighted by Crippen LogP contribution is 2.37. The van der Waals surface area contributed by atoms with Crippen molar-refractivity contribution in [1.82, 2.24) is 5.48 Å². The number of rotatable bonds is 7. The first kappa shape index (κ1) is 22.1. The van der Waals surface area contributed by atoms with Crippen molar-refractivity contribution < 1.29 is 28.3 Å². The second-order valence-corrected chi connectivity index (χ2v) is 7.06. The number of nitrogens with one attached hydrogen (secondary N) is 2. The minimum absolute atomic E-state index is 0.0367. The molecule has 0 radical (unpaired) electrons. The van der Waals surface area contributed by atoms with Crippen LogP contribution in [0.2, 0.25) is 10.0 Å². The van der Waals surface area contributed by atoms with Gasteiger partial charge < -0.3 is 10.4 Å². The van der Waals surface area contributed by atoms with E-state index in [9.17, 15) is 23.2 Å². The maximum absolute atomic E-state index is 14.8. The summed E-state index contributed by atoms with van der Waals surface area (Å²) >= 11 is 12.2. The molecule has 2 aromatic rings. The van der Waals surface area contributed by atoms with Gasteiger partial charge in [-0.25, -0.2) is 8.78 Å². The van der Waals surface area contributed by atoms with Gasteiger partial charge in [0, 0.05) is 17.0 Å². The van der Waals surface area contributed by atoms with E-state index in [0.717, 1.165) is 0 Å². The van der Waals surface area contributed by atoms with Gasteiger partial charge in [0.1, 0.15) is 11.6 Å². The molecule has 0 aliphatic heterocycles. The number of carbonyl (C=O) groups is 1. The summed E-state index contributed by atoms with van der Waals surface area (Å²) in [5.41, 5.74) is 1.69. The van der Waals surface area contributed by atoms with Gasteiger partial charge in [-0.05, 0) is 33.7 Å². The monoisotopic (exact) mass is 436 g/mol. The fourth-order valence-corrected chi connectivity index (χ4v) is 3.27. The quantitative estimate of drug-likeness (QED) is 0.420. The van der Waals surface area contributed by atoms with Gasteiger partial charge in [0.05, 0.1) is 17.3 Å². The van der Waals surface area contributed by atoms with E-state index in [0.29, 0.717) is 0 Å². The molecule has 0 unspecified atom stereocenters. The van der Waals surface area contributed by atoms with Crippen molar-refractivity contribution in [3.05, 3.63) is 56.6 Å². The number of hydrogen-bond acceptors (Lipinski definition) is 4. The SMILES string of the molecule is CC(C)c1c(O)ccc(Cc2c(Cl)cc(NCC(=O)NOF)c(F)c2Cl)c1F. The first-order chi connectivity index (χ1) is 13.2. The molecule has 152 valence electrons. The lowest BCUT2D eigenvalue weighted by molar-refractivity contribution is -0.197. The number of phenols is 1. The first-order valence-electron chi connectivity index (χ1n) is 8.14. The minimum Gasteiger partial charge on any atom is -0.508 e. The third-order valence-electron chi connectivity index (χ3n) is 4.03. The van der Waals surface area contributed by atoms with Crippen LogP contribution in [0.25, 0.3) is 0 Å². The smallest absolute Gasteiger partial charge is 0.265 e. The molecular formula is C18H17Cl2F3N2O3. The van der Waals surface area contributed by atoms with Crippen LogP contribution in [-0.2, 0) is 16.3 Å². The fourth-order valence-electron chi connectivity index (χ4n) is 2.68. The fraction of sp³-hybridized carbons (Fsp3) is 0.278. The number of hydroxylamine groups is 1. The van der Waals surface area contributed by atoms with Gasteiger partial charge in [-0.2, -0.15) is 5.48 Å². The van der Waals surface area contributed by atoms with E-state index < -0.39 is 24.1 Å². The molecule has 0 aromatic heterocycles. The molecule has 3 N–H and O–H groups in total. The molecule has 28 heavy (non-hydrogen) atoms. The van der Waals surface area contributed by atoms with Gasteiger partial charge >= 0.3 is 0 Å². The average molecular weight is 437 g/mol. The van der Waals surface area contributed by atoms with Crippen LogP contribution in [0.4, 0.5) is 19.0 Å². The number of halogens is 5. The Labute approximate surface area is 169 Å². The molecule has 0 bridgehead atoms. The number of carbonyl (C=O) groups excluding carboxylic acids is 1. The Morgan fingerprint density at radius 2 is 1.93 bits per heavy atom. The largest absolute Gasteiger partial charge is 0.508 e. The van der Waals surface area contributed by atoms with E-state index in [2.05, 4.69) is 10.4 Å². The summed E-state index contributed by atoms with van der Waals surface area (Å²) in [5.74, 6) is -2.86. The molecule has 0 atom stereocenters. The number of amides is 1. The molecule has 0 aliphatic rings. The summed E-state index contributed by atoms with van der Waals surface area (Å²) < 4.78 is 40.8. The van der Waals surface area contributed by atoms with Crippen molar-refractivity contribution in [2.45, 2.75) is 26.2 Å². The maximum atomic E-state index is 14.8. The van der Waals surface area contributed by atoms with Crippen LogP contribution >= 0.6 is 23.2 Å². The summed E-state index contributed by atoms with van der Waals surface area (Å²) in [6, 6.07) is 3.91. The molecule has 0 aliphatic carbocycles.